The lowest BCUT2D eigenvalue weighted by atomic mass is 9.91. The molecule has 1 amide bonds. The molecular weight excluding hydrogens is 318 g/mol. The van der Waals surface area contributed by atoms with Gasteiger partial charge in [-0.25, -0.2) is 4.98 Å². The van der Waals surface area contributed by atoms with Gasteiger partial charge in [0, 0.05) is 18.9 Å². The number of phenols is 1. The molecule has 0 aliphatic heterocycles. The van der Waals surface area contributed by atoms with Crippen LogP contribution in [-0.2, 0) is 6.54 Å². The summed E-state index contributed by atoms with van der Waals surface area (Å²) in [4.78, 5) is 21.6. The minimum atomic E-state index is -0.313. The third kappa shape index (κ3) is 4.39. The number of imidazole rings is 1. The molecule has 1 aromatic carbocycles. The molecule has 0 saturated heterocycles. The molecule has 0 saturated carbocycles. The number of aromatic hydroxyl groups is 1. The van der Waals surface area contributed by atoms with Gasteiger partial charge in [-0.2, -0.15) is 0 Å². The highest BCUT2D eigenvalue weighted by molar-refractivity contribution is 5.97. The van der Waals surface area contributed by atoms with Crippen LogP contribution in [0.2, 0.25) is 0 Å². The van der Waals surface area contributed by atoms with Crippen molar-refractivity contribution in [1.82, 2.24) is 14.9 Å². The van der Waals surface area contributed by atoms with Crippen molar-refractivity contribution in [2.75, 3.05) is 13.2 Å². The molecule has 2 aromatic rings. The summed E-state index contributed by atoms with van der Waals surface area (Å²) in [6.45, 7) is 8.34. The highest BCUT2D eigenvalue weighted by Gasteiger charge is 2.24. The average molecular weight is 345 g/mol. The highest BCUT2D eigenvalue weighted by Crippen LogP contribution is 2.33. The Morgan fingerprint density at radius 1 is 1.24 bits per heavy atom. The Balaban J connectivity index is 2.43. The number of carbonyl (C=O) groups is 1. The topological polar surface area (TPSA) is 89.5 Å². The van der Waals surface area contributed by atoms with Gasteiger partial charge in [0.1, 0.15) is 11.6 Å². The van der Waals surface area contributed by atoms with Crippen LogP contribution in [0, 0.1) is 0 Å². The number of rotatable bonds is 7. The van der Waals surface area contributed by atoms with Crippen molar-refractivity contribution in [2.24, 2.45) is 0 Å². The summed E-state index contributed by atoms with van der Waals surface area (Å²) in [5.41, 5.74) is 2.04. The summed E-state index contributed by atoms with van der Waals surface area (Å²) < 4.78 is 0. The number of nitrogens with zero attached hydrogens (tertiary/aromatic N) is 2. The quantitative estimate of drug-likeness (QED) is 0.719. The SMILES string of the molecule is CC(C)c1cc(C(=O)N(CCO)Cc2ncc[nH]2)c(O)c(C(C)C)c1. The first-order valence-corrected chi connectivity index (χ1v) is 8.60. The molecule has 1 heterocycles. The second kappa shape index (κ2) is 8.16. The largest absolute Gasteiger partial charge is 0.507 e. The molecule has 0 aliphatic carbocycles. The molecular formula is C19H27N3O3. The second-order valence-electron chi connectivity index (χ2n) is 6.80. The van der Waals surface area contributed by atoms with Gasteiger partial charge in [0.2, 0.25) is 0 Å². The van der Waals surface area contributed by atoms with E-state index < -0.39 is 0 Å². The smallest absolute Gasteiger partial charge is 0.258 e. The van der Waals surface area contributed by atoms with E-state index >= 15 is 0 Å². The second-order valence-corrected chi connectivity index (χ2v) is 6.80. The van der Waals surface area contributed by atoms with Crippen LogP contribution in [0.25, 0.3) is 0 Å². The molecule has 1 aromatic heterocycles. The number of aromatic amines is 1. The van der Waals surface area contributed by atoms with E-state index in [-0.39, 0.29) is 48.8 Å². The molecule has 0 aliphatic rings. The fraction of sp³-hybridized carbons (Fsp3) is 0.474. The van der Waals surface area contributed by atoms with Gasteiger partial charge in [-0.1, -0.05) is 33.8 Å². The van der Waals surface area contributed by atoms with Crippen molar-refractivity contribution >= 4 is 5.91 Å². The summed E-state index contributed by atoms with van der Waals surface area (Å²) in [5, 5.41) is 20.0. The Morgan fingerprint density at radius 2 is 1.96 bits per heavy atom. The lowest BCUT2D eigenvalue weighted by Crippen LogP contribution is -2.33. The van der Waals surface area contributed by atoms with Gasteiger partial charge in [-0.3, -0.25) is 4.79 Å². The molecule has 136 valence electrons. The Bertz CT molecular complexity index is 709. The van der Waals surface area contributed by atoms with E-state index in [0.717, 1.165) is 11.1 Å². The van der Waals surface area contributed by atoms with Gasteiger partial charge in [0.15, 0.2) is 0 Å². The standard InChI is InChI=1S/C19H27N3O3/c1-12(2)14-9-15(13(3)4)18(24)16(10-14)19(25)22(7-8-23)11-17-20-5-6-21-17/h5-6,9-10,12-13,23-24H,7-8,11H2,1-4H3,(H,20,21). The van der Waals surface area contributed by atoms with Crippen LogP contribution >= 0.6 is 0 Å². The van der Waals surface area contributed by atoms with Crippen LogP contribution in [0.3, 0.4) is 0 Å². The number of hydrogen-bond donors (Lipinski definition) is 3. The maximum Gasteiger partial charge on any atom is 0.258 e. The molecule has 3 N–H and O–H groups in total. The molecule has 0 unspecified atom stereocenters. The van der Waals surface area contributed by atoms with E-state index in [4.69, 9.17) is 0 Å². The van der Waals surface area contributed by atoms with Gasteiger partial charge in [-0.15, -0.1) is 0 Å². The van der Waals surface area contributed by atoms with Crippen LogP contribution in [-0.4, -0.2) is 44.1 Å². The number of phenolic OH excluding ortho intramolecular Hbond substituents is 1. The molecule has 0 bridgehead atoms. The third-order valence-corrected chi connectivity index (χ3v) is 4.23. The summed E-state index contributed by atoms with van der Waals surface area (Å²) in [6.07, 6.45) is 3.30. The molecule has 2 rings (SSSR count). The normalized spacial score (nSPS) is 11.3. The monoisotopic (exact) mass is 345 g/mol. The zero-order valence-electron chi connectivity index (χ0n) is 15.3. The summed E-state index contributed by atoms with van der Waals surface area (Å²) in [6, 6.07) is 3.71. The predicted molar refractivity (Wildman–Crippen MR) is 96.7 cm³/mol. The molecule has 6 nitrogen and oxygen atoms in total. The van der Waals surface area contributed by atoms with E-state index in [1.807, 2.05) is 19.9 Å². The Morgan fingerprint density at radius 3 is 2.48 bits per heavy atom. The van der Waals surface area contributed by atoms with E-state index in [1.165, 1.54) is 4.90 Å². The maximum atomic E-state index is 13.0. The van der Waals surface area contributed by atoms with Crippen molar-refractivity contribution in [3.63, 3.8) is 0 Å². The van der Waals surface area contributed by atoms with Crippen LogP contribution in [0.5, 0.6) is 5.75 Å². The number of carbonyl (C=O) groups excluding carboxylic acids is 1. The number of hydrogen-bond acceptors (Lipinski definition) is 4. The Kier molecular flexibility index (Phi) is 6.20. The number of amides is 1. The van der Waals surface area contributed by atoms with Gasteiger partial charge >= 0.3 is 0 Å². The van der Waals surface area contributed by atoms with Crippen LogP contribution in [0.4, 0.5) is 0 Å². The molecule has 0 radical (unpaired) electrons. The van der Waals surface area contributed by atoms with Crippen LogP contribution < -0.4 is 0 Å². The Labute approximate surface area is 148 Å². The lowest BCUT2D eigenvalue weighted by Gasteiger charge is -2.23. The van der Waals surface area contributed by atoms with Gasteiger partial charge < -0.3 is 20.1 Å². The van der Waals surface area contributed by atoms with E-state index in [1.54, 1.807) is 18.5 Å². The van der Waals surface area contributed by atoms with Gasteiger partial charge in [-0.05, 0) is 29.0 Å². The highest BCUT2D eigenvalue weighted by atomic mass is 16.3. The van der Waals surface area contributed by atoms with E-state index in [2.05, 4.69) is 23.8 Å². The van der Waals surface area contributed by atoms with Crippen LogP contribution in [0.1, 0.15) is 66.8 Å². The first-order chi connectivity index (χ1) is 11.8. The molecule has 6 heteroatoms. The number of H-pyrrole nitrogens is 1. The van der Waals surface area contributed by atoms with Crippen LogP contribution in [0.15, 0.2) is 24.5 Å². The number of benzene rings is 1. The molecule has 0 spiro atoms. The van der Waals surface area contributed by atoms with Crippen molar-refractivity contribution in [3.8, 4) is 5.75 Å². The van der Waals surface area contributed by atoms with Crippen molar-refractivity contribution < 1.29 is 15.0 Å². The minimum Gasteiger partial charge on any atom is -0.507 e. The fourth-order valence-electron chi connectivity index (χ4n) is 2.73. The molecule has 0 atom stereocenters. The summed E-state index contributed by atoms with van der Waals surface area (Å²) >= 11 is 0. The zero-order chi connectivity index (χ0) is 18.6. The van der Waals surface area contributed by atoms with E-state index in [9.17, 15) is 15.0 Å². The Hall–Kier alpha value is -2.34. The maximum absolute atomic E-state index is 13.0. The zero-order valence-corrected chi connectivity index (χ0v) is 15.3. The predicted octanol–water partition coefficient (Wildman–Crippen LogP) is 3.00. The minimum absolute atomic E-state index is 0.0202. The molecule has 0 fully saturated rings. The number of aliphatic hydroxyl groups is 1. The van der Waals surface area contributed by atoms with E-state index in [0.29, 0.717) is 5.82 Å². The van der Waals surface area contributed by atoms with Crippen molar-refractivity contribution in [2.45, 2.75) is 46.1 Å². The average Bonchev–Trinajstić information content (AvgIpc) is 3.06. The molecule has 25 heavy (non-hydrogen) atoms. The first kappa shape index (κ1) is 19.0. The fourth-order valence-corrected chi connectivity index (χ4v) is 2.73. The lowest BCUT2D eigenvalue weighted by molar-refractivity contribution is 0.0700. The summed E-state index contributed by atoms with van der Waals surface area (Å²) in [7, 11) is 0. The van der Waals surface area contributed by atoms with Gasteiger partial charge in [0.05, 0.1) is 18.7 Å². The number of nitrogens with one attached hydrogen (secondary N) is 1. The number of aromatic nitrogens is 2. The van der Waals surface area contributed by atoms with Crippen molar-refractivity contribution in [3.05, 3.63) is 47.0 Å². The summed E-state index contributed by atoms with van der Waals surface area (Å²) in [5.74, 6) is 0.673. The third-order valence-electron chi connectivity index (χ3n) is 4.23. The van der Waals surface area contributed by atoms with Gasteiger partial charge in [0.25, 0.3) is 5.91 Å². The first-order valence-electron chi connectivity index (χ1n) is 8.60. The number of aliphatic hydroxyl groups excluding tert-OH is 1. The van der Waals surface area contributed by atoms with Crippen molar-refractivity contribution in [1.29, 1.82) is 0 Å².